The fourth-order valence-electron chi connectivity index (χ4n) is 4.99. The van der Waals surface area contributed by atoms with Crippen molar-refractivity contribution in [2.45, 2.75) is 83.5 Å². The van der Waals surface area contributed by atoms with Gasteiger partial charge in [0.2, 0.25) is 23.6 Å². The zero-order chi connectivity index (χ0) is 37.5. The van der Waals surface area contributed by atoms with Crippen LogP contribution in [0.25, 0.3) is 11.1 Å². The van der Waals surface area contributed by atoms with Gasteiger partial charge < -0.3 is 41.7 Å². The van der Waals surface area contributed by atoms with E-state index in [0.29, 0.717) is 23.1 Å². The molecule has 0 saturated heterocycles. The van der Waals surface area contributed by atoms with Crippen LogP contribution in [-0.2, 0) is 40.0 Å². The minimum atomic E-state index is -1.56. The first-order valence-corrected chi connectivity index (χ1v) is 15.8. The predicted octanol–water partition coefficient (Wildman–Crippen LogP) is 1.41. The molecule has 0 aliphatic heterocycles. The topological polar surface area (TPSA) is 266 Å². The van der Waals surface area contributed by atoms with Gasteiger partial charge in [-0.3, -0.25) is 28.8 Å². The molecule has 0 aromatic heterocycles. The molecule has 0 saturated carbocycles. The number of carbonyl (C=O) groups is 8. The first kappa shape index (κ1) is 40.4. The van der Waals surface area contributed by atoms with E-state index in [1.54, 1.807) is 56.3 Å². The molecule has 0 radical (unpaired) electrons. The molecule has 1 unspecified atom stereocenters. The molecule has 0 heterocycles. The van der Waals surface area contributed by atoms with Crippen LogP contribution in [0.15, 0.2) is 48.5 Å². The second-order valence-corrected chi connectivity index (χ2v) is 11.7. The van der Waals surface area contributed by atoms with E-state index in [1.165, 1.54) is 6.07 Å². The summed E-state index contributed by atoms with van der Waals surface area (Å²) < 4.78 is 0. The SMILES string of the molecule is CCC(C)[C@H](NC(=O)[C@H](CCC(=O)O)NC(=O)[C@H](CCC(=O)O)NC(=O)[C@H](Cc1ccc(-c2ccccc2C(=O)O)cc1)NC(C)=O)C(=O)O. The normalized spacial score (nSPS) is 13.7. The smallest absolute Gasteiger partial charge is 0.336 e. The van der Waals surface area contributed by atoms with Crippen molar-refractivity contribution in [1.82, 2.24) is 21.3 Å². The van der Waals surface area contributed by atoms with E-state index in [-0.39, 0.29) is 12.0 Å². The number of aliphatic carboxylic acids is 3. The van der Waals surface area contributed by atoms with Gasteiger partial charge in [-0.2, -0.15) is 0 Å². The first-order valence-electron chi connectivity index (χ1n) is 15.8. The van der Waals surface area contributed by atoms with Crippen molar-refractivity contribution in [2.75, 3.05) is 0 Å². The van der Waals surface area contributed by atoms with E-state index in [2.05, 4.69) is 21.3 Å². The molecule has 8 N–H and O–H groups in total. The predicted molar refractivity (Wildman–Crippen MR) is 177 cm³/mol. The number of hydrogen-bond donors (Lipinski definition) is 8. The molecule has 0 aliphatic carbocycles. The standard InChI is InChI=1S/C34H42N4O12/c1-4-18(2)29(34(49)50)38-31(45)25(14-16-28(42)43)36-30(44)24(13-15-27(40)41)37-32(46)26(35-19(3)39)17-20-9-11-21(12-10-20)22-7-5-6-8-23(22)33(47)48/h5-12,18,24-26,29H,4,13-17H2,1-3H3,(H,35,39)(H,36,44)(H,37,46)(H,38,45)(H,40,41)(H,42,43)(H,47,48)(H,49,50)/t18?,24-,25-,26-,29-/m0/s1. The van der Waals surface area contributed by atoms with Gasteiger partial charge in [0, 0.05) is 26.2 Å². The van der Waals surface area contributed by atoms with Crippen LogP contribution in [0.2, 0.25) is 0 Å². The molecule has 0 aliphatic rings. The maximum atomic E-state index is 13.5. The van der Waals surface area contributed by atoms with Crippen molar-refractivity contribution in [3.63, 3.8) is 0 Å². The Kier molecular flexibility index (Phi) is 15.6. The third-order valence-electron chi connectivity index (χ3n) is 7.89. The molecule has 2 aromatic rings. The summed E-state index contributed by atoms with van der Waals surface area (Å²) in [6.07, 6.45) is -1.78. The molecule has 0 bridgehead atoms. The van der Waals surface area contributed by atoms with Crippen LogP contribution in [0.5, 0.6) is 0 Å². The average molecular weight is 699 g/mol. The number of hydrogen-bond acceptors (Lipinski definition) is 8. The van der Waals surface area contributed by atoms with Crippen LogP contribution in [-0.4, -0.2) is 92.1 Å². The van der Waals surface area contributed by atoms with E-state index >= 15 is 0 Å². The van der Waals surface area contributed by atoms with Gasteiger partial charge in [0.05, 0.1) is 5.56 Å². The molecule has 16 heteroatoms. The number of nitrogens with one attached hydrogen (secondary N) is 4. The van der Waals surface area contributed by atoms with Gasteiger partial charge in [-0.1, -0.05) is 62.7 Å². The summed E-state index contributed by atoms with van der Waals surface area (Å²) in [5.74, 6) is -9.07. The minimum Gasteiger partial charge on any atom is -0.481 e. The Balaban J connectivity index is 2.32. The zero-order valence-corrected chi connectivity index (χ0v) is 27.8. The average Bonchev–Trinajstić information content (AvgIpc) is 3.06. The van der Waals surface area contributed by atoms with Crippen LogP contribution in [0.4, 0.5) is 0 Å². The molecule has 50 heavy (non-hydrogen) atoms. The van der Waals surface area contributed by atoms with Gasteiger partial charge in [0.15, 0.2) is 0 Å². The molecule has 5 atom stereocenters. The highest BCUT2D eigenvalue weighted by atomic mass is 16.4. The lowest BCUT2D eigenvalue weighted by molar-refractivity contribution is -0.144. The largest absolute Gasteiger partial charge is 0.481 e. The quantitative estimate of drug-likeness (QED) is 0.0976. The van der Waals surface area contributed by atoms with E-state index in [9.17, 15) is 58.8 Å². The highest BCUT2D eigenvalue weighted by molar-refractivity contribution is 5.97. The van der Waals surface area contributed by atoms with E-state index in [4.69, 9.17) is 0 Å². The van der Waals surface area contributed by atoms with Crippen molar-refractivity contribution in [1.29, 1.82) is 0 Å². The molecular weight excluding hydrogens is 656 g/mol. The number of carbonyl (C=O) groups excluding carboxylic acids is 4. The molecule has 4 amide bonds. The summed E-state index contributed by atoms with van der Waals surface area (Å²) in [5.41, 5.74) is 1.67. The molecular formula is C34H42N4O12. The van der Waals surface area contributed by atoms with Gasteiger partial charge >= 0.3 is 23.9 Å². The summed E-state index contributed by atoms with van der Waals surface area (Å²) >= 11 is 0. The van der Waals surface area contributed by atoms with Gasteiger partial charge in [0.1, 0.15) is 24.2 Å². The third kappa shape index (κ3) is 12.7. The van der Waals surface area contributed by atoms with Crippen molar-refractivity contribution in [2.24, 2.45) is 5.92 Å². The van der Waals surface area contributed by atoms with E-state index in [1.807, 2.05) is 0 Å². The van der Waals surface area contributed by atoms with Crippen molar-refractivity contribution in [3.05, 3.63) is 59.7 Å². The Morgan fingerprint density at radius 1 is 0.660 bits per heavy atom. The Morgan fingerprint density at radius 3 is 1.62 bits per heavy atom. The van der Waals surface area contributed by atoms with Crippen LogP contribution >= 0.6 is 0 Å². The fraction of sp³-hybridized carbons (Fsp3) is 0.412. The summed E-state index contributed by atoms with van der Waals surface area (Å²) in [6.45, 7) is 4.45. The number of carboxylic acids is 4. The fourth-order valence-corrected chi connectivity index (χ4v) is 4.99. The van der Waals surface area contributed by atoms with Crippen LogP contribution in [0.3, 0.4) is 0 Å². The summed E-state index contributed by atoms with van der Waals surface area (Å²) in [4.78, 5) is 98.1. The van der Waals surface area contributed by atoms with Crippen LogP contribution < -0.4 is 21.3 Å². The Hall–Kier alpha value is -5.80. The summed E-state index contributed by atoms with van der Waals surface area (Å²) in [5, 5.41) is 47.1. The second kappa shape index (κ2) is 19.3. The molecule has 270 valence electrons. The third-order valence-corrected chi connectivity index (χ3v) is 7.89. The number of aromatic carboxylic acids is 1. The minimum absolute atomic E-state index is 0.0846. The Bertz CT molecular complexity index is 1580. The lowest BCUT2D eigenvalue weighted by Crippen LogP contribution is -2.58. The van der Waals surface area contributed by atoms with Gasteiger partial charge in [-0.15, -0.1) is 0 Å². The number of rotatable bonds is 20. The van der Waals surface area contributed by atoms with Crippen LogP contribution in [0.1, 0.15) is 68.8 Å². The monoisotopic (exact) mass is 698 g/mol. The highest BCUT2D eigenvalue weighted by Crippen LogP contribution is 2.24. The maximum absolute atomic E-state index is 13.5. The van der Waals surface area contributed by atoms with E-state index in [0.717, 1.165) is 6.92 Å². The molecule has 2 aromatic carbocycles. The molecule has 2 rings (SSSR count). The second-order valence-electron chi connectivity index (χ2n) is 11.7. The lowest BCUT2D eigenvalue weighted by atomic mass is 9.97. The maximum Gasteiger partial charge on any atom is 0.336 e. The molecule has 0 fully saturated rings. The number of amides is 4. The zero-order valence-electron chi connectivity index (χ0n) is 27.8. The van der Waals surface area contributed by atoms with Crippen molar-refractivity contribution >= 4 is 47.5 Å². The van der Waals surface area contributed by atoms with Crippen LogP contribution in [0, 0.1) is 5.92 Å². The van der Waals surface area contributed by atoms with Gasteiger partial charge in [-0.05, 0) is 41.5 Å². The van der Waals surface area contributed by atoms with Crippen molar-refractivity contribution < 1.29 is 58.8 Å². The Morgan fingerprint density at radius 2 is 1.16 bits per heavy atom. The van der Waals surface area contributed by atoms with Crippen molar-refractivity contribution in [3.8, 4) is 11.1 Å². The van der Waals surface area contributed by atoms with Gasteiger partial charge in [0.25, 0.3) is 0 Å². The highest BCUT2D eigenvalue weighted by Gasteiger charge is 2.33. The summed E-state index contributed by atoms with van der Waals surface area (Å²) in [7, 11) is 0. The lowest BCUT2D eigenvalue weighted by Gasteiger charge is -2.27. The van der Waals surface area contributed by atoms with Gasteiger partial charge in [-0.25, -0.2) is 9.59 Å². The Labute approximate surface area is 287 Å². The first-order chi connectivity index (χ1) is 23.5. The number of benzene rings is 2. The van der Waals surface area contributed by atoms with E-state index < -0.39 is 103 Å². The molecule has 0 spiro atoms. The molecule has 16 nitrogen and oxygen atoms in total. The number of carboxylic acid groups (broad SMARTS) is 4. The summed E-state index contributed by atoms with van der Waals surface area (Å²) in [6, 6.07) is 7.18.